The van der Waals surface area contributed by atoms with Crippen LogP contribution in [0.1, 0.15) is 19.3 Å². The Bertz CT molecular complexity index is 390. The molecule has 0 aromatic heterocycles. The summed E-state index contributed by atoms with van der Waals surface area (Å²) in [7, 11) is -3.31. The standard InChI is InChI=1S/C11H21N3O3S/c15-11-8-14(6-2-5-13-11)18(16,17)9-10-3-1-4-12-7-10/h10,12H,1-9H2,(H,13,15). The highest BCUT2D eigenvalue weighted by molar-refractivity contribution is 7.89. The first-order chi connectivity index (χ1) is 8.58. The van der Waals surface area contributed by atoms with Crippen LogP contribution in [0.5, 0.6) is 0 Å². The molecule has 1 atom stereocenters. The Morgan fingerprint density at radius 1 is 1.28 bits per heavy atom. The summed E-state index contributed by atoms with van der Waals surface area (Å²) in [6, 6.07) is 0. The van der Waals surface area contributed by atoms with Gasteiger partial charge in [-0.2, -0.15) is 4.31 Å². The van der Waals surface area contributed by atoms with Crippen molar-refractivity contribution in [2.75, 3.05) is 38.5 Å². The van der Waals surface area contributed by atoms with E-state index in [-0.39, 0.29) is 24.1 Å². The number of amides is 1. The SMILES string of the molecule is O=C1CN(S(=O)(=O)CC2CCCNC2)CCCN1. The number of nitrogens with one attached hydrogen (secondary N) is 2. The predicted octanol–water partition coefficient (Wildman–Crippen LogP) is -0.862. The van der Waals surface area contributed by atoms with Gasteiger partial charge in [-0.1, -0.05) is 0 Å². The fraction of sp³-hybridized carbons (Fsp3) is 0.909. The number of carbonyl (C=O) groups is 1. The van der Waals surface area contributed by atoms with Crippen molar-refractivity contribution in [1.29, 1.82) is 0 Å². The molecule has 7 heteroatoms. The number of piperidine rings is 1. The summed E-state index contributed by atoms with van der Waals surface area (Å²) in [6.07, 6.45) is 2.67. The Hall–Kier alpha value is -0.660. The van der Waals surface area contributed by atoms with Crippen LogP contribution in [0.4, 0.5) is 0 Å². The van der Waals surface area contributed by atoms with Crippen LogP contribution in [-0.2, 0) is 14.8 Å². The van der Waals surface area contributed by atoms with Crippen LogP contribution in [0, 0.1) is 5.92 Å². The zero-order valence-corrected chi connectivity index (χ0v) is 11.3. The number of hydrogen-bond acceptors (Lipinski definition) is 4. The van der Waals surface area contributed by atoms with E-state index in [1.165, 1.54) is 4.31 Å². The monoisotopic (exact) mass is 275 g/mol. The van der Waals surface area contributed by atoms with E-state index in [1.54, 1.807) is 0 Å². The minimum absolute atomic E-state index is 0.0253. The molecule has 0 radical (unpaired) electrons. The largest absolute Gasteiger partial charge is 0.355 e. The topological polar surface area (TPSA) is 78.5 Å². The molecule has 0 aromatic rings. The van der Waals surface area contributed by atoms with Crippen molar-refractivity contribution in [2.24, 2.45) is 5.92 Å². The molecular formula is C11H21N3O3S. The Balaban J connectivity index is 1.97. The second-order valence-corrected chi connectivity index (χ2v) is 7.04. The lowest BCUT2D eigenvalue weighted by molar-refractivity contribution is -0.120. The number of carbonyl (C=O) groups excluding carboxylic acids is 1. The van der Waals surface area contributed by atoms with Crippen LogP contribution >= 0.6 is 0 Å². The van der Waals surface area contributed by atoms with Gasteiger partial charge in [-0.3, -0.25) is 4.79 Å². The lowest BCUT2D eigenvalue weighted by Gasteiger charge is -2.26. The molecule has 1 unspecified atom stereocenters. The summed E-state index contributed by atoms with van der Waals surface area (Å²) in [5, 5.41) is 5.91. The van der Waals surface area contributed by atoms with E-state index in [4.69, 9.17) is 0 Å². The molecule has 1 amide bonds. The van der Waals surface area contributed by atoms with Gasteiger partial charge in [0.1, 0.15) is 0 Å². The predicted molar refractivity (Wildman–Crippen MR) is 68.6 cm³/mol. The van der Waals surface area contributed by atoms with E-state index in [0.717, 1.165) is 25.9 Å². The van der Waals surface area contributed by atoms with Crippen molar-refractivity contribution in [2.45, 2.75) is 19.3 Å². The maximum Gasteiger partial charge on any atom is 0.235 e. The highest BCUT2D eigenvalue weighted by Crippen LogP contribution is 2.15. The Morgan fingerprint density at radius 2 is 2.11 bits per heavy atom. The van der Waals surface area contributed by atoms with Crippen molar-refractivity contribution in [1.82, 2.24) is 14.9 Å². The molecule has 0 saturated carbocycles. The highest BCUT2D eigenvalue weighted by Gasteiger charge is 2.29. The Kier molecular flexibility index (Phi) is 4.58. The quantitative estimate of drug-likeness (QED) is 0.702. The molecule has 2 saturated heterocycles. The minimum Gasteiger partial charge on any atom is -0.355 e. The van der Waals surface area contributed by atoms with Gasteiger partial charge in [0.25, 0.3) is 0 Å². The third-order valence-electron chi connectivity index (χ3n) is 3.47. The number of rotatable bonds is 3. The molecule has 0 aliphatic carbocycles. The zero-order chi connectivity index (χ0) is 13.0. The molecule has 2 fully saturated rings. The number of hydrogen-bond donors (Lipinski definition) is 2. The van der Waals surface area contributed by atoms with Crippen LogP contribution in [0.2, 0.25) is 0 Å². The first-order valence-corrected chi connectivity index (χ1v) is 8.14. The highest BCUT2D eigenvalue weighted by atomic mass is 32.2. The van der Waals surface area contributed by atoms with Gasteiger partial charge < -0.3 is 10.6 Å². The van der Waals surface area contributed by atoms with Gasteiger partial charge in [0, 0.05) is 13.1 Å². The summed E-state index contributed by atoms with van der Waals surface area (Å²) in [6.45, 7) is 2.72. The van der Waals surface area contributed by atoms with Gasteiger partial charge in [0.05, 0.1) is 12.3 Å². The lowest BCUT2D eigenvalue weighted by Crippen LogP contribution is -2.42. The molecule has 6 nitrogen and oxygen atoms in total. The first-order valence-electron chi connectivity index (χ1n) is 6.53. The van der Waals surface area contributed by atoms with E-state index in [1.807, 2.05) is 0 Å². The lowest BCUT2D eigenvalue weighted by atomic mass is 10.0. The maximum absolute atomic E-state index is 12.3. The molecule has 104 valence electrons. The molecule has 2 aliphatic rings. The van der Waals surface area contributed by atoms with Crippen LogP contribution in [-0.4, -0.2) is 57.1 Å². The average Bonchev–Trinajstić information content (AvgIpc) is 2.55. The van der Waals surface area contributed by atoms with Crippen molar-refractivity contribution in [3.05, 3.63) is 0 Å². The molecule has 2 aliphatic heterocycles. The molecule has 2 N–H and O–H groups in total. The molecular weight excluding hydrogens is 254 g/mol. The van der Waals surface area contributed by atoms with Crippen LogP contribution < -0.4 is 10.6 Å². The molecule has 0 spiro atoms. The molecule has 2 rings (SSSR count). The van der Waals surface area contributed by atoms with Crippen molar-refractivity contribution < 1.29 is 13.2 Å². The van der Waals surface area contributed by atoms with Gasteiger partial charge in [-0.25, -0.2) is 8.42 Å². The number of sulfonamides is 1. The molecule has 0 bridgehead atoms. The average molecular weight is 275 g/mol. The van der Waals surface area contributed by atoms with Crippen LogP contribution in [0.3, 0.4) is 0 Å². The van der Waals surface area contributed by atoms with Crippen LogP contribution in [0.25, 0.3) is 0 Å². The van der Waals surface area contributed by atoms with E-state index < -0.39 is 10.0 Å². The summed E-state index contributed by atoms with van der Waals surface area (Å²) in [5.41, 5.74) is 0. The second-order valence-electron chi connectivity index (χ2n) is 5.03. The fourth-order valence-electron chi connectivity index (χ4n) is 2.49. The van der Waals surface area contributed by atoms with E-state index >= 15 is 0 Å². The summed E-state index contributed by atoms with van der Waals surface area (Å²) in [4.78, 5) is 11.4. The number of nitrogens with zero attached hydrogens (tertiary/aromatic N) is 1. The van der Waals surface area contributed by atoms with Gasteiger partial charge in [0.2, 0.25) is 15.9 Å². The maximum atomic E-state index is 12.3. The van der Waals surface area contributed by atoms with E-state index in [2.05, 4.69) is 10.6 Å². The third-order valence-corrected chi connectivity index (χ3v) is 5.46. The third kappa shape index (κ3) is 3.66. The molecule has 2 heterocycles. The summed E-state index contributed by atoms with van der Waals surface area (Å²) >= 11 is 0. The Morgan fingerprint density at radius 3 is 2.83 bits per heavy atom. The normalized spacial score (nSPS) is 27.6. The van der Waals surface area contributed by atoms with E-state index in [9.17, 15) is 13.2 Å². The first kappa shape index (κ1) is 13.8. The summed E-state index contributed by atoms with van der Waals surface area (Å²) < 4.78 is 25.9. The smallest absolute Gasteiger partial charge is 0.235 e. The summed E-state index contributed by atoms with van der Waals surface area (Å²) in [5.74, 6) is 0.140. The van der Waals surface area contributed by atoms with Gasteiger partial charge in [0.15, 0.2) is 0 Å². The van der Waals surface area contributed by atoms with Crippen molar-refractivity contribution >= 4 is 15.9 Å². The van der Waals surface area contributed by atoms with Gasteiger partial charge in [-0.15, -0.1) is 0 Å². The fourth-order valence-corrected chi connectivity index (χ4v) is 4.30. The van der Waals surface area contributed by atoms with Crippen LogP contribution in [0.15, 0.2) is 0 Å². The molecule has 18 heavy (non-hydrogen) atoms. The van der Waals surface area contributed by atoms with E-state index in [0.29, 0.717) is 19.5 Å². The Labute approximate surface area is 108 Å². The minimum atomic E-state index is -3.31. The van der Waals surface area contributed by atoms with Gasteiger partial charge >= 0.3 is 0 Å². The van der Waals surface area contributed by atoms with Crippen molar-refractivity contribution in [3.63, 3.8) is 0 Å². The molecule has 0 aromatic carbocycles. The zero-order valence-electron chi connectivity index (χ0n) is 10.5. The van der Waals surface area contributed by atoms with Gasteiger partial charge in [-0.05, 0) is 38.3 Å². The van der Waals surface area contributed by atoms with Crippen molar-refractivity contribution in [3.8, 4) is 0 Å². The second kappa shape index (κ2) is 5.99.